The number of hydrogen-bond acceptors (Lipinski definition) is 3. The highest BCUT2D eigenvalue weighted by molar-refractivity contribution is 7.17. The van der Waals surface area contributed by atoms with E-state index in [2.05, 4.69) is 17.5 Å². The van der Waals surface area contributed by atoms with Crippen LogP contribution in [0.15, 0.2) is 46.4 Å². The molecule has 0 amide bonds. The predicted octanol–water partition coefficient (Wildman–Crippen LogP) is 4.42. The van der Waals surface area contributed by atoms with E-state index in [4.69, 9.17) is 16.0 Å². The lowest BCUT2D eigenvalue weighted by molar-refractivity contribution is 0.178. The van der Waals surface area contributed by atoms with Gasteiger partial charge in [0, 0.05) is 16.7 Å². The summed E-state index contributed by atoms with van der Waals surface area (Å²) in [6.07, 6.45) is 1.41. The normalized spacial score (nSPS) is 13.0. The van der Waals surface area contributed by atoms with Crippen molar-refractivity contribution >= 4 is 33.0 Å². The molecule has 2 nitrogen and oxygen atoms in total. The van der Waals surface area contributed by atoms with E-state index < -0.39 is 6.10 Å². The van der Waals surface area contributed by atoms with Gasteiger partial charge < -0.3 is 9.52 Å². The Morgan fingerprint density at radius 3 is 2.89 bits per heavy atom. The SMILES string of the molecule is OC(Cc1csc2ccccc12)c1ccoc1Cl. The lowest BCUT2D eigenvalue weighted by Gasteiger charge is -2.08. The fourth-order valence-corrected chi connectivity index (χ4v) is 3.27. The number of hydrogen-bond donors (Lipinski definition) is 1. The Balaban J connectivity index is 1.91. The molecule has 1 atom stereocenters. The topological polar surface area (TPSA) is 33.4 Å². The molecule has 92 valence electrons. The van der Waals surface area contributed by atoms with E-state index in [0.717, 1.165) is 5.56 Å². The third kappa shape index (κ3) is 2.05. The number of fused-ring (bicyclic) bond motifs is 1. The Labute approximate surface area is 113 Å². The summed E-state index contributed by atoms with van der Waals surface area (Å²) in [5, 5.41) is 13.7. The number of benzene rings is 1. The summed E-state index contributed by atoms with van der Waals surface area (Å²) in [5.41, 5.74) is 1.78. The molecule has 3 aromatic rings. The minimum atomic E-state index is -0.630. The van der Waals surface area contributed by atoms with Crippen LogP contribution in [0.2, 0.25) is 5.22 Å². The number of furan rings is 1. The van der Waals surface area contributed by atoms with E-state index in [-0.39, 0.29) is 5.22 Å². The van der Waals surface area contributed by atoms with Gasteiger partial charge in [-0.25, -0.2) is 0 Å². The van der Waals surface area contributed by atoms with Crippen LogP contribution in [0, 0.1) is 0 Å². The van der Waals surface area contributed by atoms with Crippen LogP contribution < -0.4 is 0 Å². The molecule has 18 heavy (non-hydrogen) atoms. The minimum Gasteiger partial charge on any atom is -0.453 e. The summed E-state index contributed by atoms with van der Waals surface area (Å²) in [7, 11) is 0. The lowest BCUT2D eigenvalue weighted by Crippen LogP contribution is -2.00. The van der Waals surface area contributed by atoms with E-state index in [1.807, 2.05) is 12.1 Å². The third-order valence-electron chi connectivity index (χ3n) is 2.98. The van der Waals surface area contributed by atoms with Gasteiger partial charge in [0.15, 0.2) is 5.22 Å². The van der Waals surface area contributed by atoms with Gasteiger partial charge in [-0.1, -0.05) is 18.2 Å². The minimum absolute atomic E-state index is 0.266. The molecule has 2 heterocycles. The molecule has 0 saturated carbocycles. The number of thiophene rings is 1. The number of rotatable bonds is 3. The molecule has 2 aromatic heterocycles. The maximum atomic E-state index is 10.2. The highest BCUT2D eigenvalue weighted by atomic mass is 35.5. The van der Waals surface area contributed by atoms with Crippen molar-refractivity contribution < 1.29 is 9.52 Å². The summed E-state index contributed by atoms with van der Waals surface area (Å²) in [6.45, 7) is 0. The van der Waals surface area contributed by atoms with Crippen molar-refractivity contribution in [1.82, 2.24) is 0 Å². The Bertz CT molecular complexity index is 671. The van der Waals surface area contributed by atoms with E-state index in [1.165, 1.54) is 16.3 Å². The molecule has 0 radical (unpaired) electrons. The first-order valence-corrected chi connectivity index (χ1v) is 6.87. The van der Waals surface area contributed by atoms with E-state index in [0.29, 0.717) is 12.0 Å². The molecule has 4 heteroatoms. The summed E-state index contributed by atoms with van der Waals surface area (Å²) < 4.78 is 6.23. The fourth-order valence-electron chi connectivity index (χ4n) is 2.05. The second-order valence-corrected chi connectivity index (χ2v) is 5.38. The van der Waals surface area contributed by atoms with E-state index in [9.17, 15) is 5.11 Å². The molecule has 3 rings (SSSR count). The first-order chi connectivity index (χ1) is 8.75. The van der Waals surface area contributed by atoms with Crippen molar-refractivity contribution in [3.8, 4) is 0 Å². The second-order valence-electron chi connectivity index (χ2n) is 4.13. The molecule has 1 unspecified atom stereocenters. The zero-order valence-corrected chi connectivity index (χ0v) is 11.0. The smallest absolute Gasteiger partial charge is 0.198 e. The molecule has 1 aromatic carbocycles. The van der Waals surface area contributed by atoms with E-state index >= 15 is 0 Å². The van der Waals surface area contributed by atoms with Crippen LogP contribution in [-0.2, 0) is 6.42 Å². The number of aliphatic hydroxyl groups is 1. The maximum absolute atomic E-state index is 10.2. The van der Waals surface area contributed by atoms with Gasteiger partial charge in [-0.3, -0.25) is 0 Å². The van der Waals surface area contributed by atoms with Crippen molar-refractivity contribution in [2.45, 2.75) is 12.5 Å². The second kappa shape index (κ2) is 4.76. The Hall–Kier alpha value is -1.29. The molecule has 0 spiro atoms. The quantitative estimate of drug-likeness (QED) is 0.769. The van der Waals surface area contributed by atoms with Gasteiger partial charge >= 0.3 is 0 Å². The van der Waals surface area contributed by atoms with Gasteiger partial charge in [0.2, 0.25) is 0 Å². The summed E-state index contributed by atoms with van der Waals surface area (Å²) in [5.74, 6) is 0. The largest absolute Gasteiger partial charge is 0.453 e. The molecule has 0 aliphatic rings. The molecular weight excluding hydrogens is 268 g/mol. The summed E-state index contributed by atoms with van der Waals surface area (Å²) in [6, 6.07) is 9.90. The van der Waals surface area contributed by atoms with Crippen molar-refractivity contribution in [2.24, 2.45) is 0 Å². The monoisotopic (exact) mass is 278 g/mol. The van der Waals surface area contributed by atoms with Gasteiger partial charge in [-0.2, -0.15) is 0 Å². The molecule has 1 N–H and O–H groups in total. The molecule has 0 bridgehead atoms. The van der Waals surface area contributed by atoms with Crippen LogP contribution >= 0.6 is 22.9 Å². The average Bonchev–Trinajstić information content (AvgIpc) is 2.97. The number of aliphatic hydroxyl groups excluding tert-OH is 1. The van der Waals surface area contributed by atoms with Crippen LogP contribution in [-0.4, -0.2) is 5.11 Å². The van der Waals surface area contributed by atoms with Crippen LogP contribution in [0.25, 0.3) is 10.1 Å². The fraction of sp³-hybridized carbons (Fsp3) is 0.143. The highest BCUT2D eigenvalue weighted by Crippen LogP contribution is 2.31. The van der Waals surface area contributed by atoms with Crippen molar-refractivity contribution in [2.75, 3.05) is 0 Å². The van der Waals surface area contributed by atoms with Crippen LogP contribution in [0.4, 0.5) is 0 Å². The van der Waals surface area contributed by atoms with E-state index in [1.54, 1.807) is 17.4 Å². The predicted molar refractivity (Wildman–Crippen MR) is 74.2 cm³/mol. The van der Waals surface area contributed by atoms with Gasteiger partial charge in [-0.05, 0) is 40.1 Å². The zero-order chi connectivity index (χ0) is 12.5. The van der Waals surface area contributed by atoms with Crippen LogP contribution in [0.5, 0.6) is 0 Å². The molecule has 0 aliphatic heterocycles. The van der Waals surface area contributed by atoms with Gasteiger partial charge in [-0.15, -0.1) is 11.3 Å². The maximum Gasteiger partial charge on any atom is 0.198 e. The first kappa shape index (κ1) is 11.8. The van der Waals surface area contributed by atoms with Crippen molar-refractivity contribution in [1.29, 1.82) is 0 Å². The Morgan fingerprint density at radius 1 is 1.28 bits per heavy atom. The standard InChI is InChI=1S/C14H11ClO2S/c15-14-11(5-6-17-14)12(16)7-9-8-18-13-4-2-1-3-10(9)13/h1-6,8,12,16H,7H2. The summed E-state index contributed by atoms with van der Waals surface area (Å²) >= 11 is 7.56. The average molecular weight is 279 g/mol. The van der Waals surface area contributed by atoms with Gasteiger partial charge in [0.25, 0.3) is 0 Å². The molecule has 0 aliphatic carbocycles. The van der Waals surface area contributed by atoms with Crippen molar-refractivity contribution in [3.05, 3.63) is 58.3 Å². The van der Waals surface area contributed by atoms with Crippen molar-refractivity contribution in [3.63, 3.8) is 0 Å². The molecule has 0 fully saturated rings. The Morgan fingerprint density at radius 2 is 2.11 bits per heavy atom. The lowest BCUT2D eigenvalue weighted by atomic mass is 10.0. The molecule has 0 saturated heterocycles. The van der Waals surface area contributed by atoms with Gasteiger partial charge in [0.05, 0.1) is 12.4 Å². The van der Waals surface area contributed by atoms with Crippen LogP contribution in [0.1, 0.15) is 17.2 Å². The zero-order valence-electron chi connectivity index (χ0n) is 9.47. The summed E-state index contributed by atoms with van der Waals surface area (Å²) in [4.78, 5) is 0. The third-order valence-corrected chi connectivity index (χ3v) is 4.30. The Kier molecular flexibility index (Phi) is 3.12. The first-order valence-electron chi connectivity index (χ1n) is 5.62. The number of halogens is 1. The molecular formula is C14H11ClO2S. The highest BCUT2D eigenvalue weighted by Gasteiger charge is 2.16. The van der Waals surface area contributed by atoms with Gasteiger partial charge in [0.1, 0.15) is 0 Å². The van der Waals surface area contributed by atoms with Crippen LogP contribution in [0.3, 0.4) is 0 Å².